The highest BCUT2D eigenvalue weighted by Gasteiger charge is 2.38. The van der Waals surface area contributed by atoms with E-state index in [2.05, 4.69) is 0 Å². The van der Waals surface area contributed by atoms with Gasteiger partial charge in [-0.1, -0.05) is 0 Å². The van der Waals surface area contributed by atoms with Gasteiger partial charge in [-0.05, 0) is 38.0 Å². The van der Waals surface area contributed by atoms with Crippen LogP contribution >= 0.6 is 0 Å². The molecule has 1 unspecified atom stereocenters. The first-order valence-corrected chi connectivity index (χ1v) is 6.34. The smallest absolute Gasteiger partial charge is 0.326 e. The van der Waals surface area contributed by atoms with Crippen LogP contribution in [0.2, 0.25) is 0 Å². The van der Waals surface area contributed by atoms with Crippen LogP contribution in [-0.4, -0.2) is 41.1 Å². The largest absolute Gasteiger partial charge is 0.494 e. The number of hydrogen-bond acceptors (Lipinski definition) is 3. The van der Waals surface area contributed by atoms with Gasteiger partial charge in [0.2, 0.25) is 0 Å². The average Bonchev–Trinajstić information content (AvgIpc) is 3.23. The third-order valence-corrected chi connectivity index (χ3v) is 3.35. The van der Waals surface area contributed by atoms with E-state index in [0.717, 1.165) is 18.9 Å². The van der Waals surface area contributed by atoms with Crippen LogP contribution < -0.4 is 4.74 Å². The first kappa shape index (κ1) is 14.3. The maximum absolute atomic E-state index is 13.6. The summed E-state index contributed by atoms with van der Waals surface area (Å²) in [6.07, 6.45) is 1.56. The number of carbonyl (C=O) groups excluding carboxylic acids is 1. The average molecular weight is 281 g/mol. The lowest BCUT2D eigenvalue weighted by atomic mass is 10.1. The van der Waals surface area contributed by atoms with E-state index in [1.807, 2.05) is 0 Å². The van der Waals surface area contributed by atoms with Gasteiger partial charge in [0.05, 0.1) is 7.11 Å². The van der Waals surface area contributed by atoms with E-state index in [1.54, 1.807) is 0 Å². The molecule has 0 aromatic heterocycles. The van der Waals surface area contributed by atoms with Crippen molar-refractivity contribution >= 4 is 11.9 Å². The maximum atomic E-state index is 13.6. The van der Waals surface area contributed by atoms with Gasteiger partial charge in [0.25, 0.3) is 5.91 Å². The van der Waals surface area contributed by atoms with Crippen molar-refractivity contribution in [3.05, 3.63) is 29.6 Å². The number of hydrogen-bond donors (Lipinski definition) is 1. The molecule has 1 N–H and O–H groups in total. The summed E-state index contributed by atoms with van der Waals surface area (Å²) < 4.78 is 18.4. The highest BCUT2D eigenvalue weighted by Crippen LogP contribution is 2.31. The Balaban J connectivity index is 2.28. The minimum absolute atomic E-state index is 0.0470. The van der Waals surface area contributed by atoms with Gasteiger partial charge in [0.1, 0.15) is 6.04 Å². The molecule has 1 aliphatic carbocycles. The lowest BCUT2D eigenvalue weighted by Crippen LogP contribution is -2.44. The van der Waals surface area contributed by atoms with Crippen molar-refractivity contribution in [3.63, 3.8) is 0 Å². The van der Waals surface area contributed by atoms with Crippen LogP contribution in [-0.2, 0) is 4.79 Å². The molecule has 5 nitrogen and oxygen atoms in total. The zero-order valence-electron chi connectivity index (χ0n) is 11.3. The quantitative estimate of drug-likeness (QED) is 0.895. The summed E-state index contributed by atoms with van der Waals surface area (Å²) in [5.41, 5.74) is 0.128. The summed E-state index contributed by atoms with van der Waals surface area (Å²) in [7, 11) is 1.34. The van der Waals surface area contributed by atoms with Crippen LogP contribution in [0.4, 0.5) is 4.39 Å². The van der Waals surface area contributed by atoms with Crippen molar-refractivity contribution in [2.24, 2.45) is 0 Å². The molecule has 1 fully saturated rings. The molecule has 0 radical (unpaired) electrons. The molecule has 2 rings (SSSR count). The predicted molar refractivity (Wildman–Crippen MR) is 69.2 cm³/mol. The van der Waals surface area contributed by atoms with Gasteiger partial charge >= 0.3 is 5.97 Å². The topological polar surface area (TPSA) is 66.8 Å². The fraction of sp³-hybridized carbons (Fsp3) is 0.429. The molecule has 20 heavy (non-hydrogen) atoms. The number of amides is 1. The molecular formula is C14H16FNO4. The summed E-state index contributed by atoms with van der Waals surface area (Å²) in [5.74, 6) is -2.13. The van der Waals surface area contributed by atoms with Crippen molar-refractivity contribution in [3.8, 4) is 5.75 Å². The van der Waals surface area contributed by atoms with Crippen molar-refractivity contribution in [1.82, 2.24) is 4.90 Å². The van der Waals surface area contributed by atoms with E-state index >= 15 is 0 Å². The van der Waals surface area contributed by atoms with Gasteiger partial charge in [0.15, 0.2) is 11.6 Å². The van der Waals surface area contributed by atoms with Crippen LogP contribution in [0.1, 0.15) is 30.1 Å². The summed E-state index contributed by atoms with van der Waals surface area (Å²) >= 11 is 0. The van der Waals surface area contributed by atoms with Crippen molar-refractivity contribution in [2.45, 2.75) is 31.8 Å². The number of carboxylic acid groups (broad SMARTS) is 1. The summed E-state index contributed by atoms with van der Waals surface area (Å²) in [4.78, 5) is 24.8. The first-order chi connectivity index (χ1) is 9.45. The molecule has 0 heterocycles. The Bertz CT molecular complexity index is 542. The van der Waals surface area contributed by atoms with Gasteiger partial charge in [0, 0.05) is 11.6 Å². The minimum atomic E-state index is -1.07. The minimum Gasteiger partial charge on any atom is -0.494 e. The fourth-order valence-corrected chi connectivity index (χ4v) is 2.08. The maximum Gasteiger partial charge on any atom is 0.326 e. The molecule has 0 saturated heterocycles. The number of carbonyl (C=O) groups is 2. The molecular weight excluding hydrogens is 265 g/mol. The Morgan fingerprint density at radius 2 is 2.10 bits per heavy atom. The molecule has 1 aromatic rings. The van der Waals surface area contributed by atoms with Crippen molar-refractivity contribution in [1.29, 1.82) is 0 Å². The van der Waals surface area contributed by atoms with Gasteiger partial charge in [-0.15, -0.1) is 0 Å². The molecule has 108 valence electrons. The molecule has 1 amide bonds. The van der Waals surface area contributed by atoms with Crippen LogP contribution in [0.25, 0.3) is 0 Å². The number of methoxy groups -OCH3 is 1. The highest BCUT2D eigenvalue weighted by atomic mass is 19.1. The zero-order valence-corrected chi connectivity index (χ0v) is 11.3. The van der Waals surface area contributed by atoms with Crippen LogP contribution in [0.5, 0.6) is 5.75 Å². The fourth-order valence-electron chi connectivity index (χ4n) is 2.08. The Labute approximate surface area is 116 Å². The SMILES string of the molecule is COc1ccc(C(=O)N(C2CC2)C(C)C(=O)O)cc1F. The van der Waals surface area contributed by atoms with Gasteiger partial charge in [-0.25, -0.2) is 9.18 Å². The van der Waals surface area contributed by atoms with Gasteiger partial charge < -0.3 is 14.7 Å². The number of benzene rings is 1. The molecule has 1 aromatic carbocycles. The molecule has 1 atom stereocenters. The number of aliphatic carboxylic acids is 1. The second-order valence-corrected chi connectivity index (χ2v) is 4.81. The third kappa shape index (κ3) is 2.74. The number of nitrogens with zero attached hydrogens (tertiary/aromatic N) is 1. The first-order valence-electron chi connectivity index (χ1n) is 6.34. The molecule has 1 saturated carbocycles. The molecule has 0 aliphatic heterocycles. The van der Waals surface area contributed by atoms with E-state index in [-0.39, 0.29) is 17.4 Å². The van der Waals surface area contributed by atoms with Gasteiger partial charge in [-0.3, -0.25) is 4.79 Å². The summed E-state index contributed by atoms with van der Waals surface area (Å²) in [5, 5.41) is 9.07. The highest BCUT2D eigenvalue weighted by molar-refractivity contribution is 5.97. The Kier molecular flexibility index (Phi) is 3.92. The third-order valence-electron chi connectivity index (χ3n) is 3.35. The Morgan fingerprint density at radius 3 is 2.55 bits per heavy atom. The standard InChI is InChI=1S/C14H16FNO4/c1-8(14(18)19)16(10-4-5-10)13(17)9-3-6-12(20-2)11(15)7-9/h3,6-8,10H,4-5H2,1-2H3,(H,18,19). The summed E-state index contributed by atoms with van der Waals surface area (Å²) in [6, 6.07) is 2.87. The van der Waals surface area contributed by atoms with E-state index in [0.29, 0.717) is 0 Å². The lowest BCUT2D eigenvalue weighted by molar-refractivity contribution is -0.141. The lowest BCUT2D eigenvalue weighted by Gasteiger charge is -2.26. The molecule has 1 aliphatic rings. The van der Waals surface area contributed by atoms with E-state index in [9.17, 15) is 14.0 Å². The van der Waals surface area contributed by atoms with E-state index in [4.69, 9.17) is 9.84 Å². The normalized spacial score (nSPS) is 15.6. The number of ether oxygens (including phenoxy) is 1. The van der Waals surface area contributed by atoms with Crippen LogP contribution in [0, 0.1) is 5.82 Å². The van der Waals surface area contributed by atoms with E-state index < -0.39 is 23.7 Å². The predicted octanol–water partition coefficient (Wildman–Crippen LogP) is 1.91. The second-order valence-electron chi connectivity index (χ2n) is 4.81. The van der Waals surface area contributed by atoms with Crippen LogP contribution in [0.3, 0.4) is 0 Å². The number of carboxylic acids is 1. The van der Waals surface area contributed by atoms with Crippen molar-refractivity contribution in [2.75, 3.05) is 7.11 Å². The Morgan fingerprint density at radius 1 is 1.45 bits per heavy atom. The second kappa shape index (κ2) is 5.48. The molecule has 0 bridgehead atoms. The van der Waals surface area contributed by atoms with Crippen LogP contribution in [0.15, 0.2) is 18.2 Å². The zero-order chi connectivity index (χ0) is 14.9. The van der Waals surface area contributed by atoms with Crippen molar-refractivity contribution < 1.29 is 23.8 Å². The monoisotopic (exact) mass is 281 g/mol. The summed E-state index contributed by atoms with van der Waals surface area (Å²) in [6.45, 7) is 1.46. The Hall–Kier alpha value is -2.11. The van der Waals surface area contributed by atoms with Gasteiger partial charge in [-0.2, -0.15) is 0 Å². The molecule has 0 spiro atoms. The molecule has 6 heteroatoms. The van der Waals surface area contributed by atoms with E-state index in [1.165, 1.54) is 31.1 Å². The number of rotatable bonds is 5. The number of halogens is 1.